The SMILES string of the molecule is C[C@H](O)CO[SiH3]. The molecule has 0 amide bonds. The Hall–Kier alpha value is 0.137. The second kappa shape index (κ2) is 3.33. The summed E-state index contributed by atoms with van der Waals surface area (Å²) in [4.78, 5) is 0. The number of rotatable bonds is 2. The molecule has 3 heteroatoms. The molecule has 0 spiro atoms. The summed E-state index contributed by atoms with van der Waals surface area (Å²) in [5, 5.41) is 8.45. The maximum atomic E-state index is 8.45. The Kier molecular flexibility index (Phi) is 3.41. The topological polar surface area (TPSA) is 29.5 Å². The van der Waals surface area contributed by atoms with Crippen LogP contribution in [-0.2, 0) is 4.43 Å². The number of hydrogen-bond donors (Lipinski definition) is 1. The Morgan fingerprint density at radius 1 is 2.00 bits per heavy atom. The lowest BCUT2D eigenvalue weighted by Crippen LogP contribution is -2.07. The fourth-order valence-corrected chi connectivity index (χ4v) is 0.724. The van der Waals surface area contributed by atoms with Gasteiger partial charge in [0.25, 0.3) is 0 Å². The Balaban J connectivity index is 2.63. The maximum Gasteiger partial charge on any atom is 0.146 e. The Morgan fingerprint density at radius 2 is 2.50 bits per heavy atom. The van der Waals surface area contributed by atoms with Crippen molar-refractivity contribution in [2.45, 2.75) is 13.0 Å². The minimum atomic E-state index is -0.289. The minimum absolute atomic E-state index is 0.289. The van der Waals surface area contributed by atoms with E-state index < -0.39 is 0 Å². The fraction of sp³-hybridized carbons (Fsp3) is 1.00. The van der Waals surface area contributed by atoms with Crippen LogP contribution in [0.25, 0.3) is 0 Å². The van der Waals surface area contributed by atoms with Crippen LogP contribution in [0.5, 0.6) is 0 Å². The Bertz CT molecular complexity index is 30.0. The van der Waals surface area contributed by atoms with Gasteiger partial charge in [0.15, 0.2) is 0 Å². The third-order valence-electron chi connectivity index (χ3n) is 0.408. The molecule has 6 heavy (non-hydrogen) atoms. The molecule has 0 saturated carbocycles. The molecule has 0 fully saturated rings. The second-order valence-electron chi connectivity index (χ2n) is 1.30. The van der Waals surface area contributed by atoms with Crippen LogP contribution in [-0.4, -0.2) is 28.3 Å². The van der Waals surface area contributed by atoms with E-state index in [1.54, 1.807) is 6.92 Å². The third-order valence-corrected chi connectivity index (χ3v) is 0.741. The van der Waals surface area contributed by atoms with Crippen LogP contribution < -0.4 is 0 Å². The molecule has 0 aromatic rings. The van der Waals surface area contributed by atoms with E-state index in [0.29, 0.717) is 6.61 Å². The van der Waals surface area contributed by atoms with Gasteiger partial charge in [0.1, 0.15) is 10.5 Å². The van der Waals surface area contributed by atoms with Gasteiger partial charge in [-0.15, -0.1) is 0 Å². The standard InChI is InChI=1S/C3H10O2Si/c1-3(4)2-5-6/h3-4H,2H2,1,6H3/t3-/m0/s1. The van der Waals surface area contributed by atoms with E-state index in [9.17, 15) is 0 Å². The molecule has 0 rings (SSSR count). The van der Waals surface area contributed by atoms with Crippen LogP contribution in [0.4, 0.5) is 0 Å². The summed E-state index contributed by atoms with van der Waals surface area (Å²) >= 11 is 0. The first-order valence-corrected chi connectivity index (χ1v) is 2.76. The quantitative estimate of drug-likeness (QED) is 0.442. The molecular formula is C3H10O2Si. The molecule has 0 unspecified atom stereocenters. The second-order valence-corrected chi connectivity index (χ2v) is 1.88. The van der Waals surface area contributed by atoms with Gasteiger partial charge in [0.2, 0.25) is 0 Å². The number of aliphatic hydroxyl groups is 1. The molecule has 0 aliphatic rings. The summed E-state index contributed by atoms with van der Waals surface area (Å²) < 4.78 is 4.69. The average Bonchev–Trinajstić information content (AvgIpc) is 1.35. The summed E-state index contributed by atoms with van der Waals surface area (Å²) in [6.07, 6.45) is -0.289. The van der Waals surface area contributed by atoms with Gasteiger partial charge in [-0.25, -0.2) is 0 Å². The van der Waals surface area contributed by atoms with Gasteiger partial charge in [-0.2, -0.15) is 0 Å². The van der Waals surface area contributed by atoms with Gasteiger partial charge < -0.3 is 9.53 Å². The normalized spacial score (nSPS) is 15.0. The predicted octanol–water partition coefficient (Wildman–Crippen LogP) is -1.34. The van der Waals surface area contributed by atoms with Crippen molar-refractivity contribution in [2.24, 2.45) is 0 Å². The van der Waals surface area contributed by atoms with Crippen molar-refractivity contribution in [1.82, 2.24) is 0 Å². The molecule has 0 saturated heterocycles. The van der Waals surface area contributed by atoms with E-state index in [-0.39, 0.29) is 6.10 Å². The monoisotopic (exact) mass is 106 g/mol. The third kappa shape index (κ3) is 4.14. The summed E-state index contributed by atoms with van der Waals surface area (Å²) in [5.41, 5.74) is 0. The van der Waals surface area contributed by atoms with E-state index >= 15 is 0 Å². The zero-order chi connectivity index (χ0) is 4.99. The van der Waals surface area contributed by atoms with Crippen molar-refractivity contribution in [3.05, 3.63) is 0 Å². The van der Waals surface area contributed by atoms with E-state index in [4.69, 9.17) is 9.53 Å². The van der Waals surface area contributed by atoms with E-state index in [1.165, 1.54) is 0 Å². The van der Waals surface area contributed by atoms with Crippen LogP contribution in [0.15, 0.2) is 0 Å². The zero-order valence-electron chi connectivity index (χ0n) is 4.14. The highest BCUT2D eigenvalue weighted by Crippen LogP contribution is 1.75. The van der Waals surface area contributed by atoms with Gasteiger partial charge in [-0.05, 0) is 6.92 Å². The van der Waals surface area contributed by atoms with Crippen molar-refractivity contribution in [3.8, 4) is 0 Å². The van der Waals surface area contributed by atoms with Gasteiger partial charge in [-0.3, -0.25) is 0 Å². The molecule has 1 atom stereocenters. The Morgan fingerprint density at radius 3 is 2.50 bits per heavy atom. The predicted molar refractivity (Wildman–Crippen MR) is 27.6 cm³/mol. The summed E-state index contributed by atoms with van der Waals surface area (Å²) in [5.74, 6) is 0. The van der Waals surface area contributed by atoms with E-state index in [1.807, 2.05) is 0 Å². The molecule has 0 aliphatic heterocycles. The van der Waals surface area contributed by atoms with Crippen molar-refractivity contribution >= 4 is 10.5 Å². The molecule has 0 radical (unpaired) electrons. The summed E-state index contributed by atoms with van der Waals surface area (Å²) in [6.45, 7) is 2.20. The first kappa shape index (κ1) is 6.14. The van der Waals surface area contributed by atoms with E-state index in [2.05, 4.69) is 0 Å². The number of aliphatic hydroxyl groups excluding tert-OH is 1. The zero-order valence-corrected chi connectivity index (χ0v) is 6.14. The van der Waals surface area contributed by atoms with Gasteiger partial charge in [0, 0.05) is 0 Å². The van der Waals surface area contributed by atoms with Crippen LogP contribution >= 0.6 is 0 Å². The van der Waals surface area contributed by atoms with Crippen molar-refractivity contribution in [3.63, 3.8) is 0 Å². The Labute approximate surface area is 40.7 Å². The van der Waals surface area contributed by atoms with E-state index in [0.717, 1.165) is 10.5 Å². The van der Waals surface area contributed by atoms with Crippen LogP contribution in [0, 0.1) is 0 Å². The summed E-state index contributed by atoms with van der Waals surface area (Å²) in [7, 11) is 0.727. The minimum Gasteiger partial charge on any atom is -0.425 e. The highest BCUT2D eigenvalue weighted by atomic mass is 28.2. The van der Waals surface area contributed by atoms with Crippen molar-refractivity contribution in [2.75, 3.05) is 6.61 Å². The fourth-order valence-electron chi connectivity index (χ4n) is 0.241. The van der Waals surface area contributed by atoms with Gasteiger partial charge >= 0.3 is 0 Å². The molecule has 1 N–H and O–H groups in total. The molecule has 0 aromatic carbocycles. The van der Waals surface area contributed by atoms with Crippen LogP contribution in [0.2, 0.25) is 0 Å². The largest absolute Gasteiger partial charge is 0.425 e. The van der Waals surface area contributed by atoms with Crippen LogP contribution in [0.3, 0.4) is 0 Å². The maximum absolute atomic E-state index is 8.45. The lowest BCUT2D eigenvalue weighted by molar-refractivity contribution is 0.128. The highest BCUT2D eigenvalue weighted by molar-refractivity contribution is 5.97. The van der Waals surface area contributed by atoms with Gasteiger partial charge in [-0.1, -0.05) is 0 Å². The highest BCUT2D eigenvalue weighted by Gasteiger charge is 1.87. The molecule has 0 heterocycles. The van der Waals surface area contributed by atoms with Crippen LogP contribution in [0.1, 0.15) is 6.92 Å². The van der Waals surface area contributed by atoms with Gasteiger partial charge in [0.05, 0.1) is 12.7 Å². The molecular weight excluding hydrogens is 96.1 g/mol. The lowest BCUT2D eigenvalue weighted by atomic mass is 10.5. The number of hydrogen-bond acceptors (Lipinski definition) is 2. The lowest BCUT2D eigenvalue weighted by Gasteiger charge is -1.98. The molecule has 0 aromatic heterocycles. The molecule has 2 nitrogen and oxygen atoms in total. The molecule has 0 aliphatic carbocycles. The first-order valence-electron chi connectivity index (χ1n) is 1.94. The summed E-state index contributed by atoms with van der Waals surface area (Å²) in [6, 6.07) is 0. The molecule has 38 valence electrons. The molecule has 0 bridgehead atoms. The first-order chi connectivity index (χ1) is 2.77. The van der Waals surface area contributed by atoms with Crippen molar-refractivity contribution in [1.29, 1.82) is 0 Å². The smallest absolute Gasteiger partial charge is 0.146 e. The van der Waals surface area contributed by atoms with Crippen molar-refractivity contribution < 1.29 is 9.53 Å². The average molecular weight is 106 g/mol.